The Labute approximate surface area is 116 Å². The van der Waals surface area contributed by atoms with Gasteiger partial charge in [-0.15, -0.1) is 0 Å². The van der Waals surface area contributed by atoms with Crippen molar-refractivity contribution in [2.75, 3.05) is 4.72 Å². The molecule has 8 heteroatoms. The maximum Gasteiger partial charge on any atom is 0.265 e. The molecule has 3 N–H and O–H groups in total. The second-order valence-electron chi connectivity index (χ2n) is 3.87. The van der Waals surface area contributed by atoms with Gasteiger partial charge in [-0.2, -0.15) is 5.10 Å². The van der Waals surface area contributed by atoms with Crippen molar-refractivity contribution in [1.29, 1.82) is 0 Å². The number of nitrogens with one attached hydrogen (secondary N) is 1. The molecule has 0 saturated carbocycles. The fourth-order valence-electron chi connectivity index (χ4n) is 1.53. The molecule has 1 aromatic heterocycles. The Kier molecular flexibility index (Phi) is 3.54. The van der Waals surface area contributed by atoms with Crippen LogP contribution in [0.15, 0.2) is 41.6 Å². The van der Waals surface area contributed by atoms with E-state index in [0.29, 0.717) is 11.3 Å². The number of sulfonamides is 1. The summed E-state index contributed by atoms with van der Waals surface area (Å²) in [5, 5.41) is 3.83. The average molecular weight is 296 g/mol. The molecule has 0 aliphatic rings. The second-order valence-corrected chi connectivity index (χ2v) is 5.99. The lowest BCUT2D eigenvalue weighted by atomic mass is 10.2. The number of nitrogens with zero attached hydrogens (tertiary/aromatic N) is 2. The minimum atomic E-state index is -3.70. The molecule has 1 aromatic carbocycles. The van der Waals surface area contributed by atoms with Gasteiger partial charge < -0.3 is 5.73 Å². The molecular formula is C11H12N4O2S2. The zero-order valence-electron chi connectivity index (χ0n) is 10.1. The van der Waals surface area contributed by atoms with Gasteiger partial charge in [-0.05, 0) is 12.1 Å². The lowest BCUT2D eigenvalue weighted by Crippen LogP contribution is -2.17. The molecule has 19 heavy (non-hydrogen) atoms. The first-order valence-electron chi connectivity index (χ1n) is 5.30. The number of hydrogen-bond donors (Lipinski definition) is 2. The molecule has 0 aliphatic carbocycles. The van der Waals surface area contributed by atoms with Crippen LogP contribution in [0.3, 0.4) is 0 Å². The van der Waals surface area contributed by atoms with E-state index in [1.54, 1.807) is 31.3 Å². The quantitative estimate of drug-likeness (QED) is 0.817. The Morgan fingerprint density at radius 1 is 1.42 bits per heavy atom. The van der Waals surface area contributed by atoms with Gasteiger partial charge in [-0.3, -0.25) is 9.40 Å². The number of hydrogen-bond acceptors (Lipinski definition) is 4. The molecule has 100 valence electrons. The number of rotatable bonds is 4. The number of nitrogens with two attached hydrogens (primary N) is 1. The molecule has 2 rings (SSSR count). The minimum absolute atomic E-state index is 0.0766. The number of benzene rings is 1. The lowest BCUT2D eigenvalue weighted by Gasteiger charge is -2.10. The smallest absolute Gasteiger partial charge is 0.265 e. The molecule has 0 aliphatic heterocycles. The third-order valence-corrected chi connectivity index (χ3v) is 3.97. The van der Waals surface area contributed by atoms with Gasteiger partial charge in [0.15, 0.2) is 0 Å². The Morgan fingerprint density at radius 2 is 2.11 bits per heavy atom. The molecule has 2 aromatic rings. The Hall–Kier alpha value is -1.93. The van der Waals surface area contributed by atoms with E-state index < -0.39 is 10.0 Å². The molecule has 0 unspecified atom stereocenters. The molecule has 0 bridgehead atoms. The standard InChI is InChI=1S/C11H12N4O2S2/c1-15-7-8(6-13-15)19(16,17)14-10-5-3-2-4-9(10)11(12)18/h2-7,14H,1H3,(H2,12,18). The van der Waals surface area contributed by atoms with E-state index in [2.05, 4.69) is 9.82 Å². The van der Waals surface area contributed by atoms with E-state index >= 15 is 0 Å². The summed E-state index contributed by atoms with van der Waals surface area (Å²) < 4.78 is 28.1. The van der Waals surface area contributed by atoms with Crippen molar-refractivity contribution < 1.29 is 8.42 Å². The van der Waals surface area contributed by atoms with Gasteiger partial charge >= 0.3 is 0 Å². The van der Waals surface area contributed by atoms with Crippen LogP contribution in [0.2, 0.25) is 0 Å². The summed E-state index contributed by atoms with van der Waals surface area (Å²) in [7, 11) is -2.06. The average Bonchev–Trinajstić information content (AvgIpc) is 2.76. The van der Waals surface area contributed by atoms with Crippen LogP contribution in [0, 0.1) is 0 Å². The number of aryl methyl sites for hydroxylation is 1. The zero-order valence-corrected chi connectivity index (χ0v) is 11.7. The van der Waals surface area contributed by atoms with Crippen molar-refractivity contribution in [3.05, 3.63) is 42.2 Å². The molecule has 6 nitrogen and oxygen atoms in total. The van der Waals surface area contributed by atoms with Crippen molar-refractivity contribution >= 4 is 32.9 Å². The Morgan fingerprint density at radius 3 is 2.68 bits per heavy atom. The van der Waals surface area contributed by atoms with Crippen LogP contribution in [-0.4, -0.2) is 23.2 Å². The summed E-state index contributed by atoms with van der Waals surface area (Å²) >= 11 is 4.89. The maximum absolute atomic E-state index is 12.1. The van der Waals surface area contributed by atoms with E-state index in [4.69, 9.17) is 18.0 Å². The van der Waals surface area contributed by atoms with E-state index in [0.717, 1.165) is 0 Å². The van der Waals surface area contributed by atoms with E-state index in [9.17, 15) is 8.42 Å². The molecular weight excluding hydrogens is 284 g/mol. The van der Waals surface area contributed by atoms with E-state index in [1.807, 2.05) is 0 Å². The molecule has 0 spiro atoms. The zero-order chi connectivity index (χ0) is 14.0. The lowest BCUT2D eigenvalue weighted by molar-refractivity contribution is 0.601. The van der Waals surface area contributed by atoms with Crippen LogP contribution in [0.25, 0.3) is 0 Å². The van der Waals surface area contributed by atoms with Crippen molar-refractivity contribution in [3.63, 3.8) is 0 Å². The number of anilines is 1. The second kappa shape index (κ2) is 4.98. The van der Waals surface area contributed by atoms with Crippen LogP contribution in [0.4, 0.5) is 5.69 Å². The maximum atomic E-state index is 12.1. The predicted molar refractivity (Wildman–Crippen MR) is 76.3 cm³/mol. The SMILES string of the molecule is Cn1cc(S(=O)(=O)Nc2ccccc2C(N)=S)cn1. The van der Waals surface area contributed by atoms with Crippen LogP contribution in [0.5, 0.6) is 0 Å². The largest absolute Gasteiger partial charge is 0.389 e. The van der Waals surface area contributed by atoms with Gasteiger partial charge in [0.25, 0.3) is 10.0 Å². The van der Waals surface area contributed by atoms with Gasteiger partial charge in [0.1, 0.15) is 9.88 Å². The summed E-state index contributed by atoms with van der Waals surface area (Å²) in [6, 6.07) is 6.69. The van der Waals surface area contributed by atoms with Crippen LogP contribution in [-0.2, 0) is 17.1 Å². The summed E-state index contributed by atoms with van der Waals surface area (Å²) in [5.74, 6) is 0. The summed E-state index contributed by atoms with van der Waals surface area (Å²) in [6.45, 7) is 0. The summed E-state index contributed by atoms with van der Waals surface area (Å²) in [5.41, 5.74) is 6.38. The fourth-order valence-corrected chi connectivity index (χ4v) is 2.77. The summed E-state index contributed by atoms with van der Waals surface area (Å²) in [4.78, 5) is 0.206. The molecule has 0 fully saturated rings. The molecule has 0 saturated heterocycles. The number of thiocarbonyl (C=S) groups is 1. The normalized spacial score (nSPS) is 11.2. The van der Waals surface area contributed by atoms with E-state index in [1.165, 1.54) is 17.1 Å². The minimum Gasteiger partial charge on any atom is -0.389 e. The molecule has 0 amide bonds. The summed E-state index contributed by atoms with van der Waals surface area (Å²) in [6.07, 6.45) is 2.68. The first kappa shape index (κ1) is 13.5. The van der Waals surface area contributed by atoms with Gasteiger partial charge in [-0.1, -0.05) is 24.4 Å². The number of para-hydroxylation sites is 1. The highest BCUT2D eigenvalue weighted by atomic mass is 32.2. The fraction of sp³-hybridized carbons (Fsp3) is 0.0909. The van der Waals surface area contributed by atoms with Gasteiger partial charge in [-0.25, -0.2) is 8.42 Å². The van der Waals surface area contributed by atoms with Crippen molar-refractivity contribution in [2.45, 2.75) is 4.90 Å². The first-order valence-corrected chi connectivity index (χ1v) is 7.19. The topological polar surface area (TPSA) is 90.0 Å². The van der Waals surface area contributed by atoms with Crippen LogP contribution in [0.1, 0.15) is 5.56 Å². The van der Waals surface area contributed by atoms with Crippen LogP contribution >= 0.6 is 12.2 Å². The third-order valence-electron chi connectivity index (χ3n) is 2.43. The Balaban J connectivity index is 2.39. The molecule has 0 atom stereocenters. The van der Waals surface area contributed by atoms with Crippen LogP contribution < -0.4 is 10.5 Å². The van der Waals surface area contributed by atoms with Gasteiger partial charge in [0.2, 0.25) is 0 Å². The number of aromatic nitrogens is 2. The van der Waals surface area contributed by atoms with Gasteiger partial charge in [0.05, 0.1) is 11.9 Å². The van der Waals surface area contributed by atoms with E-state index in [-0.39, 0.29) is 9.88 Å². The first-order chi connectivity index (χ1) is 8.90. The highest BCUT2D eigenvalue weighted by Gasteiger charge is 2.18. The highest BCUT2D eigenvalue weighted by molar-refractivity contribution is 7.92. The predicted octanol–water partition coefficient (Wildman–Crippen LogP) is 0.855. The highest BCUT2D eigenvalue weighted by Crippen LogP contribution is 2.19. The monoisotopic (exact) mass is 296 g/mol. The molecule has 1 heterocycles. The third kappa shape index (κ3) is 2.91. The molecule has 0 radical (unpaired) electrons. The Bertz CT molecular complexity index is 722. The van der Waals surface area contributed by atoms with Crippen molar-refractivity contribution in [1.82, 2.24) is 9.78 Å². The van der Waals surface area contributed by atoms with Gasteiger partial charge in [0, 0.05) is 18.8 Å². The van der Waals surface area contributed by atoms with Crippen molar-refractivity contribution in [3.8, 4) is 0 Å². The van der Waals surface area contributed by atoms with Crippen molar-refractivity contribution in [2.24, 2.45) is 12.8 Å².